The monoisotopic (exact) mass is 490 g/mol. The second kappa shape index (κ2) is 10.6. The number of nitrogens with one attached hydrogen (secondary N) is 1. The fraction of sp³-hybridized carbons (Fsp3) is 0.379. The quantitative estimate of drug-likeness (QED) is 0.353. The first-order chi connectivity index (χ1) is 16.8. The highest BCUT2D eigenvalue weighted by Crippen LogP contribution is 2.45. The number of nitrogens with zero attached hydrogens (tertiary/aromatic N) is 1. The lowest BCUT2D eigenvalue weighted by Gasteiger charge is -2.33. The van der Waals surface area contributed by atoms with Crippen molar-refractivity contribution in [3.8, 4) is 11.5 Å². The second-order valence-corrected chi connectivity index (χ2v) is 11.0. The number of amides is 1. The van der Waals surface area contributed by atoms with Crippen LogP contribution in [0.4, 0.5) is 10.7 Å². The van der Waals surface area contributed by atoms with Crippen molar-refractivity contribution in [2.75, 3.05) is 19.0 Å². The van der Waals surface area contributed by atoms with Crippen LogP contribution in [0.1, 0.15) is 60.5 Å². The number of para-hydroxylation sites is 1. The molecule has 0 spiro atoms. The number of aliphatic imine (C=N–C) groups is 1. The number of ether oxygens (including phenoxy) is 2. The Morgan fingerprint density at radius 2 is 1.94 bits per heavy atom. The van der Waals surface area contributed by atoms with E-state index in [1.54, 1.807) is 24.7 Å². The zero-order valence-electron chi connectivity index (χ0n) is 21.2. The summed E-state index contributed by atoms with van der Waals surface area (Å²) in [6.45, 7) is 9.42. The summed E-state index contributed by atoms with van der Waals surface area (Å²) in [6.07, 6.45) is 4.77. The SMILES string of the molecule is CCOc1ccc(C=Nc2sc3c(c2C(=O)Nc2ccccc2)CC[C@@H](C(C)(C)C)C3)cc1OC. The van der Waals surface area contributed by atoms with Crippen molar-refractivity contribution < 1.29 is 14.3 Å². The molecule has 184 valence electrons. The summed E-state index contributed by atoms with van der Waals surface area (Å²) in [5, 5.41) is 3.83. The minimum absolute atomic E-state index is 0.0978. The van der Waals surface area contributed by atoms with E-state index in [0.717, 1.165) is 41.1 Å². The van der Waals surface area contributed by atoms with Crippen LogP contribution in [-0.2, 0) is 12.8 Å². The molecule has 2 aromatic carbocycles. The molecule has 0 unspecified atom stereocenters. The summed E-state index contributed by atoms with van der Waals surface area (Å²) in [5.41, 5.74) is 3.76. The van der Waals surface area contributed by atoms with Crippen molar-refractivity contribution in [2.45, 2.75) is 47.0 Å². The topological polar surface area (TPSA) is 59.9 Å². The zero-order valence-corrected chi connectivity index (χ0v) is 22.0. The van der Waals surface area contributed by atoms with E-state index in [0.29, 0.717) is 29.6 Å². The molecular formula is C29H34N2O3S. The molecule has 1 N–H and O–H groups in total. The van der Waals surface area contributed by atoms with E-state index in [1.807, 2.05) is 55.5 Å². The normalized spacial score (nSPS) is 15.6. The van der Waals surface area contributed by atoms with Gasteiger partial charge in [0.05, 0.1) is 19.3 Å². The number of thiophene rings is 1. The standard InChI is InChI=1S/C29H34N2O3S/c1-6-34-23-15-12-19(16-24(23)33-5)18-30-28-26(27(32)31-21-10-8-7-9-11-21)22-14-13-20(29(2,3)4)17-25(22)35-28/h7-12,15-16,18,20H,6,13-14,17H2,1-5H3,(H,31,32)/t20-/m1/s1. The maximum atomic E-state index is 13.5. The molecule has 5 nitrogen and oxygen atoms in total. The minimum Gasteiger partial charge on any atom is -0.493 e. The molecule has 35 heavy (non-hydrogen) atoms. The third-order valence-electron chi connectivity index (χ3n) is 6.55. The van der Waals surface area contributed by atoms with E-state index in [2.05, 4.69) is 26.1 Å². The third kappa shape index (κ3) is 5.76. The van der Waals surface area contributed by atoms with Gasteiger partial charge >= 0.3 is 0 Å². The Bertz CT molecular complexity index is 1210. The van der Waals surface area contributed by atoms with E-state index >= 15 is 0 Å². The van der Waals surface area contributed by atoms with Crippen molar-refractivity contribution in [3.63, 3.8) is 0 Å². The summed E-state index contributed by atoms with van der Waals surface area (Å²) >= 11 is 1.65. The Morgan fingerprint density at radius 1 is 1.17 bits per heavy atom. The smallest absolute Gasteiger partial charge is 0.259 e. The first-order valence-corrected chi connectivity index (χ1v) is 13.0. The number of anilines is 1. The molecule has 0 saturated heterocycles. The van der Waals surface area contributed by atoms with Crippen molar-refractivity contribution >= 4 is 34.1 Å². The van der Waals surface area contributed by atoms with Crippen LogP contribution in [0.5, 0.6) is 11.5 Å². The first kappa shape index (κ1) is 25.0. The summed E-state index contributed by atoms with van der Waals surface area (Å²) in [5.74, 6) is 1.86. The minimum atomic E-state index is -0.0978. The molecule has 0 radical (unpaired) electrons. The molecule has 0 fully saturated rings. The molecule has 3 aromatic rings. The van der Waals surface area contributed by atoms with Gasteiger partial charge in [-0.2, -0.15) is 0 Å². The average Bonchev–Trinajstić information content (AvgIpc) is 3.21. The van der Waals surface area contributed by atoms with Crippen molar-refractivity contribution in [2.24, 2.45) is 16.3 Å². The molecule has 1 aromatic heterocycles. The Hall–Kier alpha value is -3.12. The number of carbonyl (C=O) groups excluding carboxylic acids is 1. The highest BCUT2D eigenvalue weighted by atomic mass is 32.1. The zero-order chi connectivity index (χ0) is 25.0. The number of benzene rings is 2. The number of hydrogen-bond acceptors (Lipinski definition) is 5. The molecule has 0 bridgehead atoms. The molecule has 1 atom stereocenters. The predicted octanol–water partition coefficient (Wildman–Crippen LogP) is 7.31. The van der Waals surface area contributed by atoms with Gasteiger partial charge in [0.1, 0.15) is 5.00 Å². The molecule has 4 rings (SSSR count). The highest BCUT2D eigenvalue weighted by molar-refractivity contribution is 7.16. The summed E-state index contributed by atoms with van der Waals surface area (Å²) in [6, 6.07) is 15.3. The van der Waals surface area contributed by atoms with Crippen molar-refractivity contribution in [1.29, 1.82) is 0 Å². The number of rotatable bonds is 7. The first-order valence-electron chi connectivity index (χ1n) is 12.2. The maximum absolute atomic E-state index is 13.5. The van der Waals surface area contributed by atoms with Gasteiger partial charge in [-0.15, -0.1) is 11.3 Å². The van der Waals surface area contributed by atoms with Gasteiger partial charge < -0.3 is 14.8 Å². The van der Waals surface area contributed by atoms with E-state index < -0.39 is 0 Å². The number of carbonyl (C=O) groups is 1. The second-order valence-electron chi connectivity index (χ2n) is 9.91. The van der Waals surface area contributed by atoms with Crippen LogP contribution in [0.2, 0.25) is 0 Å². The molecule has 1 aliphatic carbocycles. The van der Waals surface area contributed by atoms with Crippen molar-refractivity contribution in [1.82, 2.24) is 0 Å². The predicted molar refractivity (Wildman–Crippen MR) is 145 cm³/mol. The van der Waals surface area contributed by atoms with Crippen LogP contribution in [0.25, 0.3) is 0 Å². The van der Waals surface area contributed by atoms with Crippen LogP contribution in [-0.4, -0.2) is 25.8 Å². The highest BCUT2D eigenvalue weighted by Gasteiger charge is 2.33. The number of hydrogen-bond donors (Lipinski definition) is 1. The summed E-state index contributed by atoms with van der Waals surface area (Å²) < 4.78 is 11.1. The molecule has 1 heterocycles. The van der Waals surface area contributed by atoms with Crippen LogP contribution in [0.3, 0.4) is 0 Å². The molecule has 0 saturated carbocycles. The lowest BCUT2D eigenvalue weighted by atomic mass is 9.72. The maximum Gasteiger partial charge on any atom is 0.259 e. The van der Waals surface area contributed by atoms with Gasteiger partial charge in [-0.05, 0) is 79.0 Å². The van der Waals surface area contributed by atoms with Crippen LogP contribution in [0.15, 0.2) is 53.5 Å². The lowest BCUT2D eigenvalue weighted by molar-refractivity contribution is 0.102. The van der Waals surface area contributed by atoms with Gasteiger partial charge in [-0.1, -0.05) is 39.0 Å². The fourth-order valence-electron chi connectivity index (χ4n) is 4.52. The Labute approximate surface area is 212 Å². The van der Waals surface area contributed by atoms with Gasteiger partial charge in [-0.25, -0.2) is 4.99 Å². The van der Waals surface area contributed by atoms with E-state index in [4.69, 9.17) is 14.5 Å². The average molecular weight is 491 g/mol. The lowest BCUT2D eigenvalue weighted by Crippen LogP contribution is -2.27. The van der Waals surface area contributed by atoms with Gasteiger partial charge in [0.2, 0.25) is 0 Å². The van der Waals surface area contributed by atoms with Gasteiger partial charge in [-0.3, -0.25) is 4.79 Å². The van der Waals surface area contributed by atoms with E-state index in [9.17, 15) is 4.79 Å². The van der Waals surface area contributed by atoms with Gasteiger partial charge in [0.25, 0.3) is 5.91 Å². The molecular weight excluding hydrogens is 456 g/mol. The Kier molecular flexibility index (Phi) is 7.60. The van der Waals surface area contributed by atoms with Crippen LogP contribution in [0, 0.1) is 11.3 Å². The Morgan fingerprint density at radius 3 is 2.63 bits per heavy atom. The van der Waals surface area contributed by atoms with Gasteiger partial charge in [0, 0.05) is 16.8 Å². The molecule has 1 amide bonds. The van der Waals surface area contributed by atoms with Crippen LogP contribution >= 0.6 is 11.3 Å². The molecule has 6 heteroatoms. The van der Waals surface area contributed by atoms with Crippen molar-refractivity contribution in [3.05, 3.63) is 70.1 Å². The largest absolute Gasteiger partial charge is 0.493 e. The summed E-state index contributed by atoms with van der Waals surface area (Å²) in [4.78, 5) is 19.6. The van der Waals surface area contributed by atoms with Gasteiger partial charge in [0.15, 0.2) is 11.5 Å². The van der Waals surface area contributed by atoms with E-state index in [1.165, 1.54) is 4.88 Å². The fourth-order valence-corrected chi connectivity index (χ4v) is 5.79. The number of fused-ring (bicyclic) bond motifs is 1. The molecule has 1 aliphatic rings. The summed E-state index contributed by atoms with van der Waals surface area (Å²) in [7, 11) is 1.63. The molecule has 0 aliphatic heterocycles. The van der Waals surface area contributed by atoms with E-state index in [-0.39, 0.29) is 11.3 Å². The number of methoxy groups -OCH3 is 1. The van der Waals surface area contributed by atoms with Crippen LogP contribution < -0.4 is 14.8 Å². The third-order valence-corrected chi connectivity index (χ3v) is 7.71. The Balaban J connectivity index is 1.69.